The lowest BCUT2D eigenvalue weighted by molar-refractivity contribution is -0.158. The minimum absolute atomic E-state index is 0.0190. The number of likely N-dealkylation sites (N-methyl/N-ethyl adjacent to an activating group) is 7. The number of hydrogen-bond acceptors (Lipinski definition) is 12. The highest BCUT2D eigenvalue weighted by molar-refractivity contribution is 6.31. The number of halogens is 4. The van der Waals surface area contributed by atoms with Gasteiger partial charge in [-0.2, -0.15) is 13.2 Å². The normalized spacial score (nSPS) is 26.2. The Hall–Kier alpha value is -7.06. The van der Waals surface area contributed by atoms with Crippen LogP contribution < -0.4 is 16.0 Å². The topological polar surface area (TPSA) is 270 Å². The van der Waals surface area contributed by atoms with E-state index in [1.165, 1.54) is 79.9 Å². The van der Waals surface area contributed by atoms with Gasteiger partial charge in [0.2, 0.25) is 70.9 Å². The number of amides is 12. The van der Waals surface area contributed by atoms with Crippen molar-refractivity contribution in [2.75, 3.05) is 88.6 Å². The van der Waals surface area contributed by atoms with Gasteiger partial charge >= 0.3 is 6.18 Å². The summed E-state index contributed by atoms with van der Waals surface area (Å²) in [6, 6.07) is -5.66. The first-order chi connectivity index (χ1) is 45.5. The summed E-state index contributed by atoms with van der Waals surface area (Å²) < 4.78 is 41.5. The molecule has 2 saturated carbocycles. The lowest BCUT2D eigenvalue weighted by atomic mass is 9.75. The second kappa shape index (κ2) is 34.6. The summed E-state index contributed by atoms with van der Waals surface area (Å²) in [5.41, 5.74) is -2.33. The molecule has 24 nitrogen and oxygen atoms in total. The van der Waals surface area contributed by atoms with Crippen LogP contribution in [0.5, 0.6) is 0 Å². The van der Waals surface area contributed by atoms with E-state index in [0.29, 0.717) is 50.8 Å². The van der Waals surface area contributed by atoms with Gasteiger partial charge in [0.25, 0.3) is 0 Å². The van der Waals surface area contributed by atoms with Crippen molar-refractivity contribution >= 4 is 82.5 Å². The van der Waals surface area contributed by atoms with Gasteiger partial charge in [0.05, 0.1) is 36.6 Å². The lowest BCUT2D eigenvalue weighted by Crippen LogP contribution is -2.68. The molecule has 1 aromatic carbocycles. The molecule has 1 aromatic rings. The molecular weight excluding hydrogens is 1280 g/mol. The van der Waals surface area contributed by atoms with E-state index in [9.17, 15) is 56.3 Å². The highest BCUT2D eigenvalue weighted by atomic mass is 35.5. The molecule has 0 bridgehead atoms. The Morgan fingerprint density at radius 3 is 1.82 bits per heavy atom. The summed E-state index contributed by atoms with van der Waals surface area (Å²) in [6.07, 6.45) is 2.97. The molecule has 3 N–H and O–H groups in total. The van der Waals surface area contributed by atoms with Crippen molar-refractivity contribution in [1.29, 1.82) is 0 Å². The van der Waals surface area contributed by atoms with Crippen LogP contribution in [0.2, 0.25) is 5.02 Å². The van der Waals surface area contributed by atoms with Crippen molar-refractivity contribution in [3.63, 3.8) is 0 Å². The number of nitrogens with zero attached hydrogens (tertiary/aromatic N) is 9. The van der Waals surface area contributed by atoms with Crippen LogP contribution in [0.1, 0.15) is 168 Å². The maximum absolute atomic E-state index is 15.3. The fourth-order valence-corrected chi connectivity index (χ4v) is 14.5. The van der Waals surface area contributed by atoms with Crippen molar-refractivity contribution in [3.8, 4) is 0 Å². The number of piperidine rings is 1. The third kappa shape index (κ3) is 19.9. The SMILES string of the molecule is CC[C@H](C)[C@@H]1NC(=O)[C@H](CC(C)C)N(C)C(=O)C[C@@H](C(=O)N2CCCCC2)N(C)C(=O)[C@H](C(C)C)N(C)C(=O)C2(CCC2)NC(=O)C2CCCN2C(=O)[C@H](CCc2ccc(C(F)(F)F)c(Cl)c2)NC(=O)CN(C)C(=O)[C@H](CC2CCCCC2)N(C)C(=O)CN(C)C(=O)CN(C)C1=O. The van der Waals surface area contributed by atoms with E-state index in [4.69, 9.17) is 11.6 Å². The fraction of sp³-hybridized carbons (Fsp3) is 0.739. The quantitative estimate of drug-likeness (QED) is 0.261. The van der Waals surface area contributed by atoms with Gasteiger partial charge in [0, 0.05) is 69.0 Å². The smallest absolute Gasteiger partial charge is 0.343 e. The molecule has 6 rings (SSSR count). The molecule has 5 fully saturated rings. The van der Waals surface area contributed by atoms with Gasteiger partial charge in [0.1, 0.15) is 47.8 Å². The fourth-order valence-electron chi connectivity index (χ4n) is 14.2. The average molecular weight is 1390 g/mol. The summed E-state index contributed by atoms with van der Waals surface area (Å²) in [5, 5.41) is 8.01. The molecule has 0 aromatic heterocycles. The van der Waals surface area contributed by atoms with Gasteiger partial charge in [-0.05, 0) is 118 Å². The molecule has 3 heterocycles. The standard InChI is InChI=1S/C69H106ClF3N12O12/c1-14-44(6)58-65(95)79(9)40-56(88)77(7)41-57(89)81(11)52(37-45-23-17-15-18-24-45)63(93)78(8)39-54(86)74-49(29-27-46-26-28-47(48(70)36-46)69(71,72)73)62(92)85-34-21-25-50(85)61(91)76-68(30-22-31-68)67(97)83(13)59(43(4)5)66(96)82(12)53(64(94)84-32-19-16-20-33-84)38-55(87)80(10)51(35-42(2)3)60(90)75-58/h26,28,36,42-45,49-53,58-59H,14-25,27,29-35,37-41H2,1-13H3,(H,74,86)(H,75,90)(H,76,91)/t44-,49-,50?,51-,52-,53-,58-,59-/m0/s1. The van der Waals surface area contributed by atoms with Crippen molar-refractivity contribution in [1.82, 2.24) is 60.0 Å². The Kier molecular flexibility index (Phi) is 28.2. The Balaban J connectivity index is 1.40. The van der Waals surface area contributed by atoms with Crippen LogP contribution in [0, 0.1) is 23.7 Å². The number of benzene rings is 1. The number of aryl methyl sites for hydroxylation is 1. The molecule has 28 heteroatoms. The number of carbonyl (C=O) groups excluding carboxylic acids is 12. The summed E-state index contributed by atoms with van der Waals surface area (Å²) >= 11 is 6.13. The van der Waals surface area contributed by atoms with Crippen LogP contribution in [-0.4, -0.2) is 251 Å². The maximum Gasteiger partial charge on any atom is 0.417 e. The number of carbonyl (C=O) groups is 12. The van der Waals surface area contributed by atoms with Gasteiger partial charge in [-0.1, -0.05) is 97.7 Å². The zero-order chi connectivity index (χ0) is 72.1. The molecule has 8 atom stereocenters. The minimum Gasteiger partial charge on any atom is -0.343 e. The first kappa shape index (κ1) is 78.9. The van der Waals surface area contributed by atoms with Crippen LogP contribution in [0.3, 0.4) is 0 Å². The molecule has 3 saturated heterocycles. The summed E-state index contributed by atoms with van der Waals surface area (Å²) in [4.78, 5) is 188. The average Bonchev–Trinajstić information content (AvgIpc) is 1.54. The number of likely N-dealkylation sites (tertiary alicyclic amines) is 1. The summed E-state index contributed by atoms with van der Waals surface area (Å²) in [5.74, 6) is -9.17. The molecule has 1 unspecified atom stereocenters. The number of hydrogen-bond donors (Lipinski definition) is 3. The zero-order valence-corrected chi connectivity index (χ0v) is 60.0. The highest BCUT2D eigenvalue weighted by Crippen LogP contribution is 2.38. The molecule has 5 aliphatic rings. The summed E-state index contributed by atoms with van der Waals surface area (Å²) in [6.45, 7) is 9.82. The Morgan fingerprint density at radius 1 is 0.639 bits per heavy atom. The highest BCUT2D eigenvalue weighted by Gasteiger charge is 2.52. The third-order valence-electron chi connectivity index (χ3n) is 20.6. The van der Waals surface area contributed by atoms with E-state index < -0.39 is 173 Å². The first-order valence-electron chi connectivity index (χ1n) is 34.7. The van der Waals surface area contributed by atoms with Crippen molar-refractivity contribution < 1.29 is 70.7 Å². The molecule has 0 radical (unpaired) electrons. The molecule has 2 aliphatic carbocycles. The number of fused-ring (bicyclic) bond motifs is 1. The largest absolute Gasteiger partial charge is 0.417 e. The predicted molar refractivity (Wildman–Crippen MR) is 357 cm³/mol. The van der Waals surface area contributed by atoms with Crippen LogP contribution in [-0.2, 0) is 70.1 Å². The molecule has 542 valence electrons. The molecule has 97 heavy (non-hydrogen) atoms. The van der Waals surface area contributed by atoms with Crippen LogP contribution in [0.25, 0.3) is 0 Å². The van der Waals surface area contributed by atoms with E-state index in [1.54, 1.807) is 25.7 Å². The molecule has 1 spiro atoms. The predicted octanol–water partition coefficient (Wildman–Crippen LogP) is 5.11. The van der Waals surface area contributed by atoms with Crippen molar-refractivity contribution in [3.05, 3.63) is 34.3 Å². The molecule has 12 amide bonds. The number of rotatable bonds is 11. The second-order valence-electron chi connectivity index (χ2n) is 28.7. The Bertz CT molecular complexity index is 3030. The second-order valence-corrected chi connectivity index (χ2v) is 29.1. The van der Waals surface area contributed by atoms with E-state index in [0.717, 1.165) is 65.4 Å². The van der Waals surface area contributed by atoms with Crippen LogP contribution in [0.4, 0.5) is 13.2 Å². The third-order valence-corrected chi connectivity index (χ3v) is 20.9. The maximum atomic E-state index is 15.3. The van der Waals surface area contributed by atoms with Gasteiger partial charge in [-0.25, -0.2) is 0 Å². The molecular formula is C69H106ClF3N12O12. The Morgan fingerprint density at radius 2 is 1.25 bits per heavy atom. The van der Waals surface area contributed by atoms with E-state index in [2.05, 4.69) is 16.0 Å². The van der Waals surface area contributed by atoms with Crippen LogP contribution in [0.15, 0.2) is 18.2 Å². The van der Waals surface area contributed by atoms with E-state index in [1.807, 2.05) is 20.8 Å². The number of alkyl halides is 3. The minimum atomic E-state index is -4.76. The van der Waals surface area contributed by atoms with Crippen molar-refractivity contribution in [2.24, 2.45) is 23.7 Å². The van der Waals surface area contributed by atoms with Gasteiger partial charge in [0.15, 0.2) is 0 Å². The number of nitrogens with one attached hydrogen (secondary N) is 3. The van der Waals surface area contributed by atoms with Crippen molar-refractivity contribution in [2.45, 2.75) is 218 Å². The van der Waals surface area contributed by atoms with Gasteiger partial charge in [-0.15, -0.1) is 0 Å². The van der Waals surface area contributed by atoms with E-state index >= 15 is 14.4 Å². The molecule has 3 aliphatic heterocycles. The summed E-state index contributed by atoms with van der Waals surface area (Å²) in [7, 11) is 9.82. The Labute approximate surface area is 575 Å². The van der Waals surface area contributed by atoms with E-state index in [-0.39, 0.29) is 63.3 Å². The monoisotopic (exact) mass is 1390 g/mol. The van der Waals surface area contributed by atoms with Gasteiger partial charge < -0.3 is 60.0 Å². The first-order valence-corrected chi connectivity index (χ1v) is 35.1. The van der Waals surface area contributed by atoms with Gasteiger partial charge in [-0.3, -0.25) is 57.5 Å². The lowest BCUT2D eigenvalue weighted by Gasteiger charge is -2.46. The zero-order valence-electron chi connectivity index (χ0n) is 59.2. The van der Waals surface area contributed by atoms with Crippen LogP contribution >= 0.6 is 11.6 Å².